The molecule has 0 spiro atoms. The van der Waals surface area contributed by atoms with Gasteiger partial charge >= 0.3 is 5.97 Å². The highest BCUT2D eigenvalue weighted by Gasteiger charge is 2.17. The second-order valence-corrected chi connectivity index (χ2v) is 4.26. The molecule has 0 amide bonds. The molecule has 1 rings (SSSR count). The number of hydrogen-bond donors (Lipinski definition) is 2. The molecule has 0 unspecified atom stereocenters. The van der Waals surface area contributed by atoms with Crippen molar-refractivity contribution < 1.29 is 9.90 Å². The average molecular weight is 226 g/mol. The largest absolute Gasteiger partial charge is 0.478 e. The summed E-state index contributed by atoms with van der Waals surface area (Å²) in [5, 5.41) is 11.8. The molecule has 0 aromatic carbocycles. The van der Waals surface area contributed by atoms with Gasteiger partial charge in [-0.2, -0.15) is 0 Å². The van der Waals surface area contributed by atoms with E-state index in [0.29, 0.717) is 12.6 Å². The topological polar surface area (TPSA) is 52.6 Å². The average Bonchev–Trinajstić information content (AvgIpc) is 2.27. The summed E-state index contributed by atoms with van der Waals surface area (Å²) in [5.41, 5.74) is 0. The van der Waals surface area contributed by atoms with Crippen molar-refractivity contribution in [2.24, 2.45) is 0 Å². The number of carboxylic acids is 1. The molecule has 2 N–H and O–H groups in total. The van der Waals surface area contributed by atoms with Gasteiger partial charge in [-0.1, -0.05) is 13.0 Å². The fraction of sp³-hybridized carbons (Fsp3) is 0.750. The van der Waals surface area contributed by atoms with E-state index in [1.807, 2.05) is 0 Å². The van der Waals surface area contributed by atoms with Crippen molar-refractivity contribution in [3.8, 4) is 0 Å². The Hall–Kier alpha value is -0.870. The van der Waals surface area contributed by atoms with Crippen LogP contribution in [0.1, 0.15) is 26.2 Å². The summed E-state index contributed by atoms with van der Waals surface area (Å²) in [6.45, 7) is 6.39. The minimum absolute atomic E-state index is 0.548. The Balaban J connectivity index is 2.10. The number of nitrogens with one attached hydrogen (secondary N) is 1. The van der Waals surface area contributed by atoms with Crippen LogP contribution in [0.25, 0.3) is 0 Å². The lowest BCUT2D eigenvalue weighted by atomic mass is 10.0. The Morgan fingerprint density at radius 1 is 1.50 bits per heavy atom. The molecular weight excluding hydrogens is 204 g/mol. The summed E-state index contributed by atoms with van der Waals surface area (Å²) in [6.07, 6.45) is 6.42. The van der Waals surface area contributed by atoms with E-state index in [1.165, 1.54) is 31.9 Å². The summed E-state index contributed by atoms with van der Waals surface area (Å²) in [7, 11) is 0. The second kappa shape index (κ2) is 7.41. The number of hydrogen-bond acceptors (Lipinski definition) is 3. The van der Waals surface area contributed by atoms with Crippen molar-refractivity contribution in [2.45, 2.75) is 32.2 Å². The van der Waals surface area contributed by atoms with E-state index in [1.54, 1.807) is 6.08 Å². The molecule has 4 nitrogen and oxygen atoms in total. The van der Waals surface area contributed by atoms with E-state index >= 15 is 0 Å². The fourth-order valence-corrected chi connectivity index (χ4v) is 2.07. The van der Waals surface area contributed by atoms with Gasteiger partial charge in [-0.05, 0) is 38.9 Å². The van der Waals surface area contributed by atoms with Gasteiger partial charge < -0.3 is 15.3 Å². The highest BCUT2D eigenvalue weighted by molar-refractivity contribution is 5.79. The number of aliphatic carboxylic acids is 1. The molecule has 0 aromatic heterocycles. The van der Waals surface area contributed by atoms with Crippen molar-refractivity contribution >= 4 is 5.97 Å². The quantitative estimate of drug-likeness (QED) is 0.666. The second-order valence-electron chi connectivity index (χ2n) is 4.26. The van der Waals surface area contributed by atoms with Crippen LogP contribution in [0.5, 0.6) is 0 Å². The Labute approximate surface area is 97.3 Å². The third kappa shape index (κ3) is 5.28. The fourth-order valence-electron chi connectivity index (χ4n) is 2.07. The zero-order valence-corrected chi connectivity index (χ0v) is 9.98. The lowest BCUT2D eigenvalue weighted by Gasteiger charge is -2.31. The summed E-state index contributed by atoms with van der Waals surface area (Å²) >= 11 is 0. The maximum absolute atomic E-state index is 10.2. The molecule has 0 bridgehead atoms. The highest BCUT2D eigenvalue weighted by atomic mass is 16.4. The molecule has 1 fully saturated rings. The molecule has 0 saturated carbocycles. The van der Waals surface area contributed by atoms with E-state index in [-0.39, 0.29) is 0 Å². The van der Waals surface area contributed by atoms with Gasteiger partial charge in [0.15, 0.2) is 0 Å². The van der Waals surface area contributed by atoms with Crippen molar-refractivity contribution in [3.05, 3.63) is 12.2 Å². The van der Waals surface area contributed by atoms with Gasteiger partial charge in [0.25, 0.3) is 0 Å². The van der Waals surface area contributed by atoms with E-state index in [9.17, 15) is 4.79 Å². The third-order valence-electron chi connectivity index (χ3n) is 2.91. The first-order chi connectivity index (χ1) is 7.72. The molecular formula is C12H22N2O2. The Morgan fingerprint density at radius 2 is 2.19 bits per heavy atom. The molecule has 4 heteroatoms. The first-order valence-electron chi connectivity index (χ1n) is 6.07. The van der Waals surface area contributed by atoms with Crippen LogP contribution < -0.4 is 5.32 Å². The van der Waals surface area contributed by atoms with Crippen molar-refractivity contribution in [3.63, 3.8) is 0 Å². The molecule has 92 valence electrons. The zero-order valence-electron chi connectivity index (χ0n) is 9.98. The van der Waals surface area contributed by atoms with Crippen LogP contribution in [0.2, 0.25) is 0 Å². The van der Waals surface area contributed by atoms with Gasteiger partial charge in [0.1, 0.15) is 0 Å². The Morgan fingerprint density at radius 3 is 2.75 bits per heavy atom. The molecule has 16 heavy (non-hydrogen) atoms. The maximum Gasteiger partial charge on any atom is 0.328 e. The predicted octanol–water partition coefficient (Wildman–Crippen LogP) is 1.09. The zero-order chi connectivity index (χ0) is 11.8. The van der Waals surface area contributed by atoms with Gasteiger partial charge in [0.2, 0.25) is 0 Å². The van der Waals surface area contributed by atoms with Crippen LogP contribution in [0, 0.1) is 0 Å². The van der Waals surface area contributed by atoms with Crippen LogP contribution in [-0.2, 0) is 4.79 Å². The summed E-state index contributed by atoms with van der Waals surface area (Å²) in [6, 6.07) is 0.548. The molecule has 0 atom stereocenters. The van der Waals surface area contributed by atoms with E-state index in [0.717, 1.165) is 13.1 Å². The summed E-state index contributed by atoms with van der Waals surface area (Å²) in [4.78, 5) is 12.7. The van der Waals surface area contributed by atoms with Gasteiger partial charge in [0, 0.05) is 18.7 Å². The third-order valence-corrected chi connectivity index (χ3v) is 2.91. The van der Waals surface area contributed by atoms with Crippen LogP contribution >= 0.6 is 0 Å². The highest BCUT2D eigenvalue weighted by Crippen LogP contribution is 2.10. The normalized spacial score (nSPS) is 19.3. The van der Waals surface area contributed by atoms with Gasteiger partial charge in [0.05, 0.1) is 0 Å². The summed E-state index contributed by atoms with van der Waals surface area (Å²) < 4.78 is 0. The maximum atomic E-state index is 10.2. The number of rotatable bonds is 6. The molecule has 1 aliphatic rings. The number of carboxylic acid groups (broad SMARTS) is 1. The summed E-state index contributed by atoms with van der Waals surface area (Å²) in [5.74, 6) is -0.875. The first-order valence-corrected chi connectivity index (χ1v) is 6.07. The van der Waals surface area contributed by atoms with E-state index in [2.05, 4.69) is 17.1 Å². The minimum atomic E-state index is -0.875. The number of likely N-dealkylation sites (tertiary alicyclic amines) is 1. The SMILES string of the molecule is CCCN1CCC(NC/C=C/C(=O)O)CC1. The molecule has 0 radical (unpaired) electrons. The molecule has 1 aliphatic heterocycles. The number of piperidine rings is 1. The van der Waals surface area contributed by atoms with Gasteiger partial charge in [-0.15, -0.1) is 0 Å². The number of nitrogens with zero attached hydrogens (tertiary/aromatic N) is 1. The number of carbonyl (C=O) groups is 1. The molecule has 1 heterocycles. The first kappa shape index (κ1) is 13.2. The van der Waals surface area contributed by atoms with Crippen molar-refractivity contribution in [2.75, 3.05) is 26.2 Å². The predicted molar refractivity (Wildman–Crippen MR) is 64.5 cm³/mol. The molecule has 0 aromatic rings. The lowest BCUT2D eigenvalue weighted by molar-refractivity contribution is -0.131. The van der Waals surface area contributed by atoms with Crippen molar-refractivity contribution in [1.82, 2.24) is 10.2 Å². The minimum Gasteiger partial charge on any atom is -0.478 e. The monoisotopic (exact) mass is 226 g/mol. The van der Waals surface area contributed by atoms with Crippen LogP contribution in [0.4, 0.5) is 0 Å². The lowest BCUT2D eigenvalue weighted by Crippen LogP contribution is -2.42. The Bertz CT molecular complexity index is 233. The molecule has 1 saturated heterocycles. The van der Waals surface area contributed by atoms with Crippen LogP contribution in [0.15, 0.2) is 12.2 Å². The van der Waals surface area contributed by atoms with Crippen LogP contribution in [-0.4, -0.2) is 48.2 Å². The van der Waals surface area contributed by atoms with Crippen LogP contribution in [0.3, 0.4) is 0 Å². The smallest absolute Gasteiger partial charge is 0.328 e. The van der Waals surface area contributed by atoms with Gasteiger partial charge in [-0.25, -0.2) is 4.79 Å². The van der Waals surface area contributed by atoms with Crippen molar-refractivity contribution in [1.29, 1.82) is 0 Å². The van der Waals surface area contributed by atoms with Gasteiger partial charge in [-0.3, -0.25) is 0 Å². The van der Waals surface area contributed by atoms with E-state index in [4.69, 9.17) is 5.11 Å². The standard InChI is InChI=1S/C12H22N2O2/c1-2-8-14-9-5-11(6-10-14)13-7-3-4-12(15)16/h3-4,11,13H,2,5-10H2,1H3,(H,15,16)/b4-3+. The Kier molecular flexibility index (Phi) is 6.11. The molecule has 0 aliphatic carbocycles. The van der Waals surface area contributed by atoms with E-state index < -0.39 is 5.97 Å².